The van der Waals surface area contributed by atoms with Crippen molar-refractivity contribution in [1.82, 2.24) is 4.98 Å². The lowest BCUT2D eigenvalue weighted by atomic mass is 10.1. The third-order valence-electron chi connectivity index (χ3n) is 3.38. The van der Waals surface area contributed by atoms with Crippen molar-refractivity contribution in [2.24, 2.45) is 0 Å². The van der Waals surface area contributed by atoms with E-state index in [-0.39, 0.29) is 24.1 Å². The van der Waals surface area contributed by atoms with Crippen molar-refractivity contribution in [3.8, 4) is 5.75 Å². The van der Waals surface area contributed by atoms with Crippen molar-refractivity contribution in [2.45, 2.75) is 27.7 Å². The zero-order valence-electron chi connectivity index (χ0n) is 15.0. The van der Waals surface area contributed by atoms with Crippen molar-refractivity contribution >= 4 is 34.1 Å². The van der Waals surface area contributed by atoms with E-state index in [4.69, 9.17) is 9.47 Å². The van der Waals surface area contributed by atoms with Gasteiger partial charge in [-0.25, -0.2) is 9.78 Å². The highest BCUT2D eigenvalue weighted by Crippen LogP contribution is 2.24. The number of esters is 1. The summed E-state index contributed by atoms with van der Waals surface area (Å²) in [5.74, 6) is -0.700. The van der Waals surface area contributed by atoms with Crippen LogP contribution >= 0.6 is 11.3 Å². The lowest BCUT2D eigenvalue weighted by molar-refractivity contribution is -0.118. The summed E-state index contributed by atoms with van der Waals surface area (Å²) in [6.45, 7) is 6.68. The number of aromatic nitrogens is 1. The van der Waals surface area contributed by atoms with E-state index in [1.165, 1.54) is 6.92 Å². The number of ether oxygens (including phenoxy) is 2. The number of thiazole rings is 1. The summed E-state index contributed by atoms with van der Waals surface area (Å²) in [6.07, 6.45) is 0. The molecule has 0 unspecified atom stereocenters. The van der Waals surface area contributed by atoms with Crippen molar-refractivity contribution in [2.75, 3.05) is 18.5 Å². The van der Waals surface area contributed by atoms with Gasteiger partial charge in [0.25, 0.3) is 5.91 Å². The van der Waals surface area contributed by atoms with Gasteiger partial charge in [-0.1, -0.05) is 23.0 Å². The zero-order valence-corrected chi connectivity index (χ0v) is 15.9. The summed E-state index contributed by atoms with van der Waals surface area (Å²) in [5.41, 5.74) is 1.84. The van der Waals surface area contributed by atoms with Crippen LogP contribution in [0.2, 0.25) is 0 Å². The van der Waals surface area contributed by atoms with Gasteiger partial charge >= 0.3 is 5.97 Å². The normalized spacial score (nSPS) is 10.3. The van der Waals surface area contributed by atoms with Gasteiger partial charge < -0.3 is 9.47 Å². The predicted octanol–water partition coefficient (Wildman–Crippen LogP) is 3.16. The highest BCUT2D eigenvalue weighted by atomic mass is 32.1. The Bertz CT molecular complexity index is 844. The number of ketones is 1. The average molecular weight is 376 g/mol. The van der Waals surface area contributed by atoms with Crippen LogP contribution in [-0.2, 0) is 9.53 Å². The Morgan fingerprint density at radius 1 is 1.23 bits per heavy atom. The summed E-state index contributed by atoms with van der Waals surface area (Å²) in [7, 11) is 0. The molecular formula is C18H20N2O5S. The first kappa shape index (κ1) is 19.6. The number of nitrogens with zero attached hydrogens (tertiary/aromatic N) is 1. The molecular weight excluding hydrogens is 356 g/mol. The number of Topliss-reactive ketones (excluding diaryl/α,β-unsaturated/α-hetero) is 1. The third kappa shape index (κ3) is 4.89. The minimum atomic E-state index is -0.468. The highest BCUT2D eigenvalue weighted by molar-refractivity contribution is 7.17. The average Bonchev–Trinajstić information content (AvgIpc) is 2.94. The molecule has 0 radical (unpaired) electrons. The van der Waals surface area contributed by atoms with Gasteiger partial charge in [0.2, 0.25) is 0 Å². The molecule has 0 bridgehead atoms. The number of carbonyl (C=O) groups excluding carboxylic acids is 3. The van der Waals surface area contributed by atoms with E-state index >= 15 is 0 Å². The second kappa shape index (κ2) is 8.57. The maximum absolute atomic E-state index is 12.1. The number of hydrogen-bond acceptors (Lipinski definition) is 7. The lowest BCUT2D eigenvalue weighted by Gasteiger charge is -2.10. The number of anilines is 1. The van der Waals surface area contributed by atoms with Gasteiger partial charge in [0.15, 0.2) is 17.5 Å². The van der Waals surface area contributed by atoms with E-state index < -0.39 is 11.9 Å². The number of rotatable bonds is 7. The van der Waals surface area contributed by atoms with Crippen molar-refractivity contribution < 1.29 is 23.9 Å². The maximum Gasteiger partial charge on any atom is 0.350 e. The van der Waals surface area contributed by atoms with Crippen molar-refractivity contribution in [3.05, 3.63) is 39.9 Å². The molecule has 1 N–H and O–H groups in total. The number of amides is 1. The standard InChI is InChI=1S/C18H20N2O5S/c1-5-24-17(23)16-11(3)19-18(26-16)20-15(22)9-25-14-7-6-10(2)8-13(14)12(4)21/h6-8H,5,9H2,1-4H3,(H,19,20,22). The first-order valence-electron chi connectivity index (χ1n) is 8.00. The van der Waals surface area contributed by atoms with Gasteiger partial charge in [0.1, 0.15) is 10.6 Å². The molecule has 2 rings (SSSR count). The van der Waals surface area contributed by atoms with Crippen LogP contribution in [0.4, 0.5) is 5.13 Å². The van der Waals surface area contributed by atoms with Gasteiger partial charge in [-0.2, -0.15) is 0 Å². The Labute approximate surface area is 155 Å². The van der Waals surface area contributed by atoms with E-state index in [0.717, 1.165) is 16.9 Å². The van der Waals surface area contributed by atoms with E-state index in [2.05, 4.69) is 10.3 Å². The number of hydrogen-bond donors (Lipinski definition) is 1. The summed E-state index contributed by atoms with van der Waals surface area (Å²) < 4.78 is 10.4. The van der Waals surface area contributed by atoms with Crippen LogP contribution in [0.3, 0.4) is 0 Å². The molecule has 0 aliphatic carbocycles. The Morgan fingerprint density at radius 3 is 2.62 bits per heavy atom. The molecule has 138 valence electrons. The highest BCUT2D eigenvalue weighted by Gasteiger charge is 2.18. The fourth-order valence-corrected chi connectivity index (χ4v) is 3.06. The molecule has 0 spiro atoms. The lowest BCUT2D eigenvalue weighted by Crippen LogP contribution is -2.20. The summed E-state index contributed by atoms with van der Waals surface area (Å²) >= 11 is 1.04. The molecule has 0 saturated heterocycles. The predicted molar refractivity (Wildman–Crippen MR) is 98.1 cm³/mol. The molecule has 0 atom stereocenters. The van der Waals surface area contributed by atoms with Crippen molar-refractivity contribution in [3.63, 3.8) is 0 Å². The topological polar surface area (TPSA) is 94.6 Å². The molecule has 8 heteroatoms. The number of aryl methyl sites for hydroxylation is 2. The van der Waals surface area contributed by atoms with Crippen LogP contribution in [-0.4, -0.2) is 35.9 Å². The Balaban J connectivity index is 2.01. The van der Waals surface area contributed by atoms with Gasteiger partial charge in [-0.15, -0.1) is 0 Å². The summed E-state index contributed by atoms with van der Waals surface area (Å²) in [4.78, 5) is 40.0. The molecule has 0 saturated carbocycles. The van der Waals surface area contributed by atoms with Crippen LogP contribution in [0.5, 0.6) is 5.75 Å². The molecule has 0 fully saturated rings. The van der Waals surface area contributed by atoms with Crippen LogP contribution in [0, 0.1) is 13.8 Å². The first-order chi connectivity index (χ1) is 12.3. The minimum absolute atomic E-state index is 0.140. The zero-order chi connectivity index (χ0) is 19.3. The van der Waals surface area contributed by atoms with Gasteiger partial charge in [0.05, 0.1) is 17.9 Å². The number of benzene rings is 1. The van der Waals surface area contributed by atoms with E-state index in [1.54, 1.807) is 32.0 Å². The Kier molecular flexibility index (Phi) is 6.46. The fraction of sp³-hybridized carbons (Fsp3) is 0.333. The molecule has 1 aromatic heterocycles. The van der Waals surface area contributed by atoms with Crippen LogP contribution in [0.15, 0.2) is 18.2 Å². The van der Waals surface area contributed by atoms with E-state index in [0.29, 0.717) is 21.9 Å². The van der Waals surface area contributed by atoms with E-state index in [1.807, 2.05) is 6.92 Å². The molecule has 0 aliphatic rings. The minimum Gasteiger partial charge on any atom is -0.483 e. The second-order valence-electron chi connectivity index (χ2n) is 5.55. The van der Waals surface area contributed by atoms with Crippen LogP contribution < -0.4 is 10.1 Å². The Hall–Kier alpha value is -2.74. The summed E-state index contributed by atoms with van der Waals surface area (Å²) in [6, 6.07) is 5.17. The third-order valence-corrected chi connectivity index (χ3v) is 4.43. The molecule has 26 heavy (non-hydrogen) atoms. The Morgan fingerprint density at radius 2 is 1.96 bits per heavy atom. The fourth-order valence-electron chi connectivity index (χ4n) is 2.18. The first-order valence-corrected chi connectivity index (χ1v) is 8.82. The second-order valence-corrected chi connectivity index (χ2v) is 6.55. The quantitative estimate of drug-likeness (QED) is 0.589. The number of nitrogens with one attached hydrogen (secondary N) is 1. The van der Waals surface area contributed by atoms with Gasteiger partial charge in [-0.3, -0.25) is 14.9 Å². The summed E-state index contributed by atoms with van der Waals surface area (Å²) in [5, 5.41) is 2.87. The van der Waals surface area contributed by atoms with Gasteiger partial charge in [0, 0.05) is 0 Å². The molecule has 1 amide bonds. The molecule has 2 aromatic rings. The SMILES string of the molecule is CCOC(=O)c1sc(NC(=O)COc2ccc(C)cc2C(C)=O)nc1C. The molecule has 0 aliphatic heterocycles. The monoisotopic (exact) mass is 376 g/mol. The molecule has 1 aromatic carbocycles. The van der Waals surface area contributed by atoms with E-state index in [9.17, 15) is 14.4 Å². The van der Waals surface area contributed by atoms with Crippen LogP contribution in [0.25, 0.3) is 0 Å². The van der Waals surface area contributed by atoms with Crippen molar-refractivity contribution in [1.29, 1.82) is 0 Å². The number of carbonyl (C=O) groups is 3. The largest absolute Gasteiger partial charge is 0.483 e. The maximum atomic E-state index is 12.1. The molecule has 7 nitrogen and oxygen atoms in total. The van der Waals surface area contributed by atoms with Gasteiger partial charge in [-0.05, 0) is 39.8 Å². The smallest absolute Gasteiger partial charge is 0.350 e. The molecule has 1 heterocycles. The van der Waals surface area contributed by atoms with Crippen LogP contribution in [0.1, 0.15) is 45.1 Å².